The second-order valence-electron chi connectivity index (χ2n) is 8.98. The number of carbonyl (C=O) groups is 1. The van der Waals surface area contributed by atoms with E-state index in [-0.39, 0.29) is 5.91 Å². The highest BCUT2D eigenvalue weighted by Crippen LogP contribution is 2.56. The fourth-order valence-corrected chi connectivity index (χ4v) is 5.44. The fraction of sp³-hybridized carbons (Fsp3) is 0.370. The molecule has 1 amide bonds. The summed E-state index contributed by atoms with van der Waals surface area (Å²) >= 11 is 0. The van der Waals surface area contributed by atoms with Crippen molar-refractivity contribution in [1.82, 2.24) is 4.90 Å². The van der Waals surface area contributed by atoms with E-state index in [2.05, 4.69) is 0 Å². The summed E-state index contributed by atoms with van der Waals surface area (Å²) < 4.78 is 53.4. The van der Waals surface area contributed by atoms with Gasteiger partial charge in [-0.3, -0.25) is 4.79 Å². The highest BCUT2D eigenvalue weighted by Gasteiger charge is 2.54. The molecule has 5 rings (SSSR count). The van der Waals surface area contributed by atoms with Crippen molar-refractivity contribution in [3.8, 4) is 11.5 Å². The zero-order valence-electron chi connectivity index (χ0n) is 19.1. The molecule has 0 bridgehead atoms. The minimum absolute atomic E-state index is 0.113. The molecule has 2 aromatic rings. The zero-order valence-corrected chi connectivity index (χ0v) is 19.1. The van der Waals surface area contributed by atoms with E-state index in [1.807, 2.05) is 13.0 Å². The van der Waals surface area contributed by atoms with Gasteiger partial charge in [-0.05, 0) is 35.8 Å². The molecule has 2 heterocycles. The van der Waals surface area contributed by atoms with Gasteiger partial charge in [0.2, 0.25) is 0 Å². The second-order valence-corrected chi connectivity index (χ2v) is 8.98. The number of allylic oxidation sites excluding steroid dienone is 3. The number of carbonyl (C=O) groups excluding carboxylic acids is 1. The van der Waals surface area contributed by atoms with Crippen molar-refractivity contribution in [2.24, 2.45) is 0 Å². The number of nitrogens with zero attached hydrogens (tertiary/aromatic N) is 1. The molecule has 0 N–H and O–H groups in total. The Morgan fingerprint density at radius 1 is 1.15 bits per heavy atom. The Morgan fingerprint density at radius 3 is 2.56 bits per heavy atom. The molecule has 3 aliphatic rings. The summed E-state index contributed by atoms with van der Waals surface area (Å²) in [6.07, 6.45) is 0.000522. The van der Waals surface area contributed by atoms with E-state index in [1.165, 1.54) is 6.08 Å². The van der Waals surface area contributed by atoms with Crippen molar-refractivity contribution in [3.63, 3.8) is 0 Å². The first-order valence-electron chi connectivity index (χ1n) is 11.5. The molecule has 1 spiro atoms. The van der Waals surface area contributed by atoms with Crippen LogP contribution in [0.4, 0.5) is 13.2 Å². The number of methoxy groups -OCH3 is 1. The van der Waals surface area contributed by atoms with Gasteiger partial charge in [-0.2, -0.15) is 13.2 Å². The quantitative estimate of drug-likeness (QED) is 0.567. The topological polar surface area (TPSA) is 38.8 Å². The molecule has 7 heteroatoms. The molecule has 1 fully saturated rings. The van der Waals surface area contributed by atoms with Crippen molar-refractivity contribution < 1.29 is 27.4 Å². The molecule has 4 nitrogen and oxygen atoms in total. The second kappa shape index (κ2) is 8.22. The number of hydrogen-bond acceptors (Lipinski definition) is 3. The third kappa shape index (κ3) is 3.58. The number of para-hydroxylation sites is 1. The number of rotatable bonds is 3. The molecule has 0 radical (unpaired) electrons. The summed E-state index contributed by atoms with van der Waals surface area (Å²) in [7, 11) is 1.58. The number of likely N-dealkylation sites (tertiary alicyclic amines) is 1. The van der Waals surface area contributed by atoms with Gasteiger partial charge in [-0.25, -0.2) is 0 Å². The van der Waals surface area contributed by atoms with E-state index in [1.54, 1.807) is 54.5 Å². The standard InChI is InChI=1S/C27H26F3NO3/c1-3-17-8-9-18(16-23(17)33-2)25(32)31-14-12-26(13-15-31)20-10-11-21(27(28,29)30)24(20)19-6-4-5-7-22(19)34-26/h4-11,16,24H,3,12-15H2,1-2H3. The summed E-state index contributed by atoms with van der Waals surface area (Å²) in [6, 6.07) is 12.4. The lowest BCUT2D eigenvalue weighted by atomic mass is 9.72. The van der Waals surface area contributed by atoms with Crippen LogP contribution in [-0.2, 0) is 6.42 Å². The van der Waals surface area contributed by atoms with Crippen molar-refractivity contribution in [1.29, 1.82) is 0 Å². The molecule has 0 saturated carbocycles. The normalized spacial score (nSPS) is 20.7. The number of fused-ring (bicyclic) bond motifs is 4. The van der Waals surface area contributed by atoms with Crippen LogP contribution in [-0.4, -0.2) is 42.8 Å². The number of halogens is 3. The summed E-state index contributed by atoms with van der Waals surface area (Å²) in [6.45, 7) is 2.81. The third-order valence-corrected chi connectivity index (χ3v) is 7.23. The Balaban J connectivity index is 1.40. The monoisotopic (exact) mass is 469 g/mol. The van der Waals surface area contributed by atoms with Gasteiger partial charge in [0.15, 0.2) is 0 Å². The maximum atomic E-state index is 13.8. The number of alkyl halides is 3. The third-order valence-electron chi connectivity index (χ3n) is 7.23. The number of benzene rings is 2. The number of aryl methyl sites for hydroxylation is 1. The number of piperidine rings is 1. The lowest BCUT2D eigenvalue weighted by Gasteiger charge is -2.48. The molecule has 1 atom stereocenters. The Morgan fingerprint density at radius 2 is 1.88 bits per heavy atom. The lowest BCUT2D eigenvalue weighted by Crippen LogP contribution is -2.53. The van der Waals surface area contributed by atoms with Gasteiger partial charge >= 0.3 is 6.18 Å². The Labute approximate surface area is 196 Å². The predicted octanol–water partition coefficient (Wildman–Crippen LogP) is 5.84. The van der Waals surface area contributed by atoms with Gasteiger partial charge in [0.25, 0.3) is 5.91 Å². The highest BCUT2D eigenvalue weighted by molar-refractivity contribution is 5.95. The molecule has 2 aliphatic heterocycles. The first-order chi connectivity index (χ1) is 16.3. The molecule has 1 unspecified atom stereocenters. The van der Waals surface area contributed by atoms with Crippen molar-refractivity contribution >= 4 is 5.91 Å². The van der Waals surface area contributed by atoms with Gasteiger partial charge in [-0.15, -0.1) is 0 Å². The lowest BCUT2D eigenvalue weighted by molar-refractivity contribution is -0.0959. The van der Waals surface area contributed by atoms with Gasteiger partial charge in [0.1, 0.15) is 17.1 Å². The van der Waals surface area contributed by atoms with Crippen molar-refractivity contribution in [2.45, 2.75) is 43.9 Å². The molecule has 1 saturated heterocycles. The molecule has 2 aromatic carbocycles. The number of hydrogen-bond donors (Lipinski definition) is 0. The highest BCUT2D eigenvalue weighted by atomic mass is 19.4. The van der Waals surface area contributed by atoms with E-state index in [0.717, 1.165) is 12.0 Å². The van der Waals surface area contributed by atoms with E-state index >= 15 is 0 Å². The smallest absolute Gasteiger partial charge is 0.413 e. The summed E-state index contributed by atoms with van der Waals surface area (Å²) in [4.78, 5) is 15.0. The summed E-state index contributed by atoms with van der Waals surface area (Å²) in [5, 5.41) is 0. The number of ether oxygens (including phenoxy) is 2. The van der Waals surface area contributed by atoms with Crippen LogP contribution in [0, 0.1) is 0 Å². The first-order valence-corrected chi connectivity index (χ1v) is 11.5. The van der Waals surface area contributed by atoms with Crippen LogP contribution in [0.25, 0.3) is 0 Å². The zero-order chi connectivity index (χ0) is 24.1. The molecular weight excluding hydrogens is 443 g/mol. The predicted molar refractivity (Wildman–Crippen MR) is 122 cm³/mol. The minimum Gasteiger partial charge on any atom is -0.496 e. The van der Waals surface area contributed by atoms with Crippen LogP contribution < -0.4 is 9.47 Å². The van der Waals surface area contributed by atoms with E-state index in [9.17, 15) is 18.0 Å². The largest absolute Gasteiger partial charge is 0.496 e. The first kappa shape index (κ1) is 22.6. The average molecular weight is 470 g/mol. The van der Waals surface area contributed by atoms with Crippen LogP contribution >= 0.6 is 0 Å². The Hall–Kier alpha value is -3.22. The maximum absolute atomic E-state index is 13.8. The molecule has 34 heavy (non-hydrogen) atoms. The van der Waals surface area contributed by atoms with Crippen LogP contribution in [0.3, 0.4) is 0 Å². The Bertz CT molecular complexity index is 1190. The average Bonchev–Trinajstić information content (AvgIpc) is 3.31. The van der Waals surface area contributed by atoms with E-state index in [0.29, 0.717) is 54.1 Å². The number of amides is 1. The van der Waals surface area contributed by atoms with E-state index < -0.39 is 23.3 Å². The van der Waals surface area contributed by atoms with Crippen LogP contribution in [0.1, 0.15) is 47.2 Å². The molecule has 0 aromatic heterocycles. The van der Waals surface area contributed by atoms with Gasteiger partial charge in [-0.1, -0.05) is 43.3 Å². The van der Waals surface area contributed by atoms with Crippen LogP contribution in [0.15, 0.2) is 65.8 Å². The van der Waals surface area contributed by atoms with Crippen molar-refractivity contribution in [2.75, 3.05) is 20.2 Å². The fourth-order valence-electron chi connectivity index (χ4n) is 5.44. The van der Waals surface area contributed by atoms with Gasteiger partial charge in [0, 0.05) is 48.5 Å². The van der Waals surface area contributed by atoms with Crippen molar-refractivity contribution in [3.05, 3.63) is 82.5 Å². The van der Waals surface area contributed by atoms with Crippen LogP contribution in [0.2, 0.25) is 0 Å². The molecule has 1 aliphatic carbocycles. The van der Waals surface area contributed by atoms with Gasteiger partial charge < -0.3 is 14.4 Å². The minimum atomic E-state index is -4.42. The molecule has 178 valence electrons. The van der Waals surface area contributed by atoms with Crippen LogP contribution in [0.5, 0.6) is 11.5 Å². The van der Waals surface area contributed by atoms with Gasteiger partial charge in [0.05, 0.1) is 7.11 Å². The summed E-state index contributed by atoms with van der Waals surface area (Å²) in [5.41, 5.74) is 1.33. The van der Waals surface area contributed by atoms with E-state index in [4.69, 9.17) is 9.47 Å². The summed E-state index contributed by atoms with van der Waals surface area (Å²) in [5.74, 6) is 0.191. The maximum Gasteiger partial charge on any atom is 0.413 e. The Kier molecular flexibility index (Phi) is 5.46. The SMILES string of the molecule is CCc1ccc(C(=O)N2CCC3(CC2)Oc2ccccc2C2C(C(F)(F)F)=CC=C23)cc1OC. The molecular formula is C27H26F3NO3.